The van der Waals surface area contributed by atoms with Crippen LogP contribution >= 0.6 is 11.3 Å². The van der Waals surface area contributed by atoms with E-state index in [1.165, 1.54) is 74.5 Å². The number of hydrogen-bond donors (Lipinski definition) is 0. The molecule has 1 aliphatic heterocycles. The van der Waals surface area contributed by atoms with Crippen LogP contribution in [0.5, 0.6) is 0 Å². The molecule has 1 unspecified atom stereocenters. The summed E-state index contributed by atoms with van der Waals surface area (Å²) in [5, 5.41) is 0.870. The third-order valence-electron chi connectivity index (χ3n) is 7.17. The molecule has 1 aliphatic rings. The first kappa shape index (κ1) is 27.9. The molecule has 2 aromatic rings. The Kier molecular flexibility index (Phi) is 11.8. The molecule has 2 heterocycles. The molecule has 1 fully saturated rings. The molecule has 0 N–H and O–H groups in total. The highest BCUT2D eigenvalue weighted by Crippen LogP contribution is 2.35. The lowest BCUT2D eigenvalue weighted by Gasteiger charge is -2.32. The summed E-state index contributed by atoms with van der Waals surface area (Å²) in [4.78, 5) is 25.4. The number of aromatic nitrogens is 1. The molecule has 0 saturated carbocycles. The van der Waals surface area contributed by atoms with Crippen molar-refractivity contribution in [1.29, 1.82) is 0 Å². The van der Waals surface area contributed by atoms with E-state index in [1.807, 2.05) is 4.90 Å². The number of benzene rings is 1. The lowest BCUT2D eigenvalue weighted by atomic mass is 10.1. The Balaban J connectivity index is 1.85. The molecule has 2 amide bonds. The van der Waals surface area contributed by atoms with Gasteiger partial charge < -0.3 is 4.90 Å². The van der Waals surface area contributed by atoms with E-state index in [0.717, 1.165) is 49.7 Å². The molecule has 5 nitrogen and oxygen atoms in total. The van der Waals surface area contributed by atoms with Crippen molar-refractivity contribution >= 4 is 32.7 Å². The Morgan fingerprint density at radius 1 is 0.914 bits per heavy atom. The largest absolute Gasteiger partial charge is 0.327 e. The number of fused-ring (bicyclic) bond motifs is 1. The molecule has 0 radical (unpaired) electrons. The molecular formula is C29H48N4OS. The fourth-order valence-corrected chi connectivity index (χ4v) is 5.96. The van der Waals surface area contributed by atoms with Crippen LogP contribution in [0, 0.1) is 0 Å². The van der Waals surface area contributed by atoms with Gasteiger partial charge in [0.2, 0.25) is 0 Å². The summed E-state index contributed by atoms with van der Waals surface area (Å²) in [5.41, 5.74) is 2.41. The van der Waals surface area contributed by atoms with Crippen LogP contribution < -0.4 is 4.90 Å². The number of aryl methyl sites for hydroxylation is 1. The summed E-state index contributed by atoms with van der Waals surface area (Å²) in [7, 11) is 0. The van der Waals surface area contributed by atoms with Gasteiger partial charge in [-0.3, -0.25) is 9.80 Å². The lowest BCUT2D eigenvalue weighted by molar-refractivity contribution is 0.186. The normalized spacial score (nSPS) is 16.4. The molecule has 1 aromatic heterocycles. The van der Waals surface area contributed by atoms with Crippen LogP contribution in [0.25, 0.3) is 10.2 Å². The highest BCUT2D eigenvalue weighted by Gasteiger charge is 2.42. The average Bonchev–Trinajstić information content (AvgIpc) is 3.42. The van der Waals surface area contributed by atoms with E-state index >= 15 is 0 Å². The van der Waals surface area contributed by atoms with Crippen LogP contribution in [0.4, 0.5) is 9.93 Å². The molecule has 3 rings (SSSR count). The van der Waals surface area contributed by atoms with Gasteiger partial charge in [0.05, 0.1) is 16.8 Å². The van der Waals surface area contributed by atoms with Gasteiger partial charge in [-0.05, 0) is 49.8 Å². The molecule has 0 aliphatic carbocycles. The van der Waals surface area contributed by atoms with Crippen LogP contribution in [0.3, 0.4) is 0 Å². The summed E-state index contributed by atoms with van der Waals surface area (Å²) >= 11 is 1.68. The number of thiazole rings is 1. The second-order valence-electron chi connectivity index (χ2n) is 10.1. The van der Waals surface area contributed by atoms with Crippen molar-refractivity contribution in [2.24, 2.45) is 0 Å². The first-order valence-corrected chi connectivity index (χ1v) is 15.2. The van der Waals surface area contributed by atoms with E-state index in [4.69, 9.17) is 4.98 Å². The molecule has 0 bridgehead atoms. The van der Waals surface area contributed by atoms with Crippen LogP contribution in [-0.4, -0.2) is 53.2 Å². The first-order valence-electron chi connectivity index (χ1n) is 14.3. The fourth-order valence-electron chi connectivity index (χ4n) is 4.97. The average molecular weight is 501 g/mol. The Morgan fingerprint density at radius 3 is 2.29 bits per heavy atom. The first-order chi connectivity index (χ1) is 17.1. The van der Waals surface area contributed by atoms with E-state index < -0.39 is 0 Å². The number of amides is 2. The molecule has 1 aromatic carbocycles. The smallest absolute Gasteiger partial charge is 0.321 e. The Morgan fingerprint density at radius 2 is 1.60 bits per heavy atom. The number of rotatable bonds is 17. The zero-order valence-corrected chi connectivity index (χ0v) is 23.5. The number of unbranched alkanes of at least 4 members (excludes halogenated alkanes) is 7. The molecule has 35 heavy (non-hydrogen) atoms. The predicted molar refractivity (Wildman–Crippen MR) is 152 cm³/mol. The highest BCUT2D eigenvalue weighted by molar-refractivity contribution is 7.22. The minimum absolute atomic E-state index is 0.0799. The summed E-state index contributed by atoms with van der Waals surface area (Å²) in [5.74, 6) is 0. The van der Waals surface area contributed by atoms with E-state index in [2.05, 4.69) is 55.7 Å². The van der Waals surface area contributed by atoms with Gasteiger partial charge in [0, 0.05) is 19.6 Å². The zero-order valence-electron chi connectivity index (χ0n) is 22.7. The van der Waals surface area contributed by atoms with Gasteiger partial charge >= 0.3 is 6.03 Å². The summed E-state index contributed by atoms with van der Waals surface area (Å²) in [6, 6.07) is 6.86. The molecule has 1 saturated heterocycles. The SMILES string of the molecule is CCCCCCc1ccc2sc(N3C(=O)N(CCCCC)CC3N(CCCC)CCCC)nc2c1. The van der Waals surface area contributed by atoms with Crippen molar-refractivity contribution in [2.45, 2.75) is 111 Å². The van der Waals surface area contributed by atoms with Gasteiger partial charge in [-0.1, -0.05) is 90.0 Å². The zero-order chi connectivity index (χ0) is 25.0. The second-order valence-corrected chi connectivity index (χ2v) is 11.1. The van der Waals surface area contributed by atoms with Gasteiger partial charge in [-0.15, -0.1) is 0 Å². The van der Waals surface area contributed by atoms with Crippen molar-refractivity contribution in [2.75, 3.05) is 31.1 Å². The Labute approximate surface area is 217 Å². The number of hydrogen-bond acceptors (Lipinski definition) is 4. The maximum Gasteiger partial charge on any atom is 0.327 e. The van der Waals surface area contributed by atoms with Gasteiger partial charge in [-0.25, -0.2) is 9.78 Å². The van der Waals surface area contributed by atoms with Crippen LogP contribution in [0.2, 0.25) is 0 Å². The van der Waals surface area contributed by atoms with Crippen molar-refractivity contribution in [3.63, 3.8) is 0 Å². The van der Waals surface area contributed by atoms with Gasteiger partial charge in [-0.2, -0.15) is 0 Å². The van der Waals surface area contributed by atoms with Gasteiger partial charge in [0.1, 0.15) is 6.17 Å². The second kappa shape index (κ2) is 14.8. The van der Waals surface area contributed by atoms with Crippen molar-refractivity contribution < 1.29 is 4.79 Å². The van der Waals surface area contributed by atoms with Gasteiger partial charge in [0.15, 0.2) is 5.13 Å². The number of carbonyl (C=O) groups is 1. The van der Waals surface area contributed by atoms with Crippen LogP contribution in [0.15, 0.2) is 18.2 Å². The molecular weight excluding hydrogens is 452 g/mol. The third kappa shape index (κ3) is 7.66. The predicted octanol–water partition coefficient (Wildman–Crippen LogP) is 8.08. The summed E-state index contributed by atoms with van der Waals surface area (Å²) in [6.45, 7) is 12.7. The topological polar surface area (TPSA) is 39.7 Å². The minimum atomic E-state index is 0.0799. The standard InChI is InChI=1S/C29H48N4OS/c1-5-9-13-14-16-24-17-18-26-25(22-24)30-28(35-26)33-27(31(19-11-7-3)20-12-8-4)23-32(29(33)34)21-15-10-6-2/h17-18,22,27H,5-16,19-21,23H2,1-4H3. The number of nitrogens with zero attached hydrogens (tertiary/aromatic N) is 4. The summed E-state index contributed by atoms with van der Waals surface area (Å²) in [6.07, 6.45) is 14.4. The number of urea groups is 1. The monoisotopic (exact) mass is 500 g/mol. The van der Waals surface area contributed by atoms with Crippen molar-refractivity contribution in [3.05, 3.63) is 23.8 Å². The minimum Gasteiger partial charge on any atom is -0.321 e. The van der Waals surface area contributed by atoms with Crippen LogP contribution in [-0.2, 0) is 6.42 Å². The molecule has 6 heteroatoms. The Hall–Kier alpha value is -1.66. The van der Waals surface area contributed by atoms with Crippen molar-refractivity contribution in [1.82, 2.24) is 14.8 Å². The fraction of sp³-hybridized carbons (Fsp3) is 0.724. The molecule has 0 spiro atoms. The van der Waals surface area contributed by atoms with Crippen molar-refractivity contribution in [3.8, 4) is 0 Å². The van der Waals surface area contributed by atoms with Gasteiger partial charge in [0.25, 0.3) is 0 Å². The van der Waals surface area contributed by atoms with E-state index in [-0.39, 0.29) is 12.2 Å². The maximum absolute atomic E-state index is 13.7. The summed E-state index contributed by atoms with van der Waals surface area (Å²) < 4.78 is 1.18. The number of anilines is 1. The lowest BCUT2D eigenvalue weighted by Crippen LogP contribution is -2.48. The quantitative estimate of drug-likeness (QED) is 0.206. The Bertz CT molecular complexity index is 890. The van der Waals surface area contributed by atoms with Crippen LogP contribution in [0.1, 0.15) is 104 Å². The molecule has 1 atom stereocenters. The van der Waals surface area contributed by atoms with E-state index in [9.17, 15) is 4.79 Å². The third-order valence-corrected chi connectivity index (χ3v) is 8.21. The molecule has 196 valence electrons. The maximum atomic E-state index is 13.7. The highest BCUT2D eigenvalue weighted by atomic mass is 32.1. The number of carbonyl (C=O) groups excluding carboxylic acids is 1. The van der Waals surface area contributed by atoms with E-state index in [1.54, 1.807) is 11.3 Å². The van der Waals surface area contributed by atoms with E-state index in [0.29, 0.717) is 0 Å².